The van der Waals surface area contributed by atoms with Crippen molar-refractivity contribution in [3.8, 4) is 0 Å². The lowest BCUT2D eigenvalue weighted by Gasteiger charge is -2.45. The molecule has 2 N–H and O–H groups in total. The topological polar surface area (TPSA) is 41.1 Å². The predicted molar refractivity (Wildman–Crippen MR) is 88.7 cm³/mol. The Labute approximate surface area is 132 Å². The fourth-order valence-electron chi connectivity index (χ4n) is 5.49. The van der Waals surface area contributed by atoms with Crippen molar-refractivity contribution in [2.24, 2.45) is 23.2 Å². The van der Waals surface area contributed by atoms with Gasteiger partial charge in [-0.05, 0) is 80.2 Å². The molecule has 0 heterocycles. The van der Waals surface area contributed by atoms with E-state index < -0.39 is 0 Å². The van der Waals surface area contributed by atoms with Crippen LogP contribution in [0.15, 0.2) is 30.3 Å². The molecule has 1 aromatic carbocycles. The Morgan fingerprint density at radius 2 is 1.73 bits per heavy atom. The molecule has 22 heavy (non-hydrogen) atoms. The summed E-state index contributed by atoms with van der Waals surface area (Å²) in [5.74, 6) is 2.84. The van der Waals surface area contributed by atoms with Gasteiger partial charge in [0, 0.05) is 12.2 Å². The molecule has 2 amide bonds. The van der Waals surface area contributed by atoms with Crippen LogP contribution in [0.2, 0.25) is 0 Å². The molecule has 0 saturated heterocycles. The maximum atomic E-state index is 12.2. The van der Waals surface area contributed by atoms with Crippen molar-refractivity contribution in [3.63, 3.8) is 0 Å². The maximum Gasteiger partial charge on any atom is 0.319 e. The first-order chi connectivity index (χ1) is 10.7. The van der Waals surface area contributed by atoms with Gasteiger partial charge < -0.3 is 10.6 Å². The van der Waals surface area contributed by atoms with E-state index in [1.54, 1.807) is 0 Å². The maximum absolute atomic E-state index is 12.2. The third-order valence-corrected chi connectivity index (χ3v) is 6.18. The van der Waals surface area contributed by atoms with Crippen molar-refractivity contribution in [2.75, 3.05) is 11.9 Å². The zero-order valence-electron chi connectivity index (χ0n) is 13.2. The highest BCUT2D eigenvalue weighted by molar-refractivity contribution is 5.89. The number of para-hydroxylation sites is 1. The van der Waals surface area contributed by atoms with Gasteiger partial charge in [-0.2, -0.15) is 0 Å². The summed E-state index contributed by atoms with van der Waals surface area (Å²) in [6.07, 6.45) is 9.74. The van der Waals surface area contributed by atoms with Gasteiger partial charge in [-0.25, -0.2) is 4.79 Å². The molecule has 118 valence electrons. The number of fused-ring (bicyclic) bond motifs is 1. The molecule has 0 spiro atoms. The van der Waals surface area contributed by atoms with Gasteiger partial charge in [0.2, 0.25) is 0 Å². The van der Waals surface area contributed by atoms with E-state index in [2.05, 4.69) is 10.6 Å². The summed E-state index contributed by atoms with van der Waals surface area (Å²) in [4.78, 5) is 12.2. The fourth-order valence-corrected chi connectivity index (χ4v) is 5.49. The summed E-state index contributed by atoms with van der Waals surface area (Å²) in [5, 5.41) is 6.10. The van der Waals surface area contributed by atoms with E-state index in [9.17, 15) is 4.79 Å². The standard InChI is InChI=1S/C19H26N2O/c22-18(21-17-4-2-1-3-5-17)20-13-19-7-6-14-8-15(11-19)10-16(9-14)12-19/h1-5,14-16H,6-13H2,(H2,20,21,22)/t14?,15-,16-,19?/m0/s1. The van der Waals surface area contributed by atoms with Gasteiger partial charge in [-0.3, -0.25) is 0 Å². The lowest BCUT2D eigenvalue weighted by Crippen LogP contribution is -2.43. The van der Waals surface area contributed by atoms with Crippen LogP contribution in [0.25, 0.3) is 0 Å². The summed E-state index contributed by atoms with van der Waals surface area (Å²) in [7, 11) is 0. The van der Waals surface area contributed by atoms with Crippen molar-refractivity contribution >= 4 is 11.7 Å². The molecule has 1 aromatic rings. The zero-order chi connectivity index (χ0) is 15.0. The Kier molecular flexibility index (Phi) is 3.59. The lowest BCUT2D eigenvalue weighted by molar-refractivity contribution is 0.0678. The number of carbonyl (C=O) groups is 1. The van der Waals surface area contributed by atoms with Crippen LogP contribution >= 0.6 is 0 Å². The second-order valence-corrected chi connectivity index (χ2v) is 7.93. The van der Waals surface area contributed by atoms with E-state index in [1.807, 2.05) is 30.3 Å². The van der Waals surface area contributed by atoms with E-state index >= 15 is 0 Å². The number of nitrogens with one attached hydrogen (secondary N) is 2. The van der Waals surface area contributed by atoms with E-state index in [0.29, 0.717) is 5.41 Å². The molecule has 2 atom stereocenters. The van der Waals surface area contributed by atoms with Crippen LogP contribution in [0.5, 0.6) is 0 Å². The molecule has 0 radical (unpaired) electrons. The Morgan fingerprint density at radius 1 is 1.05 bits per heavy atom. The normalized spacial score (nSPS) is 35.9. The first kappa shape index (κ1) is 14.1. The van der Waals surface area contributed by atoms with Gasteiger partial charge in [0.15, 0.2) is 0 Å². The number of hydrogen-bond acceptors (Lipinski definition) is 1. The molecule has 0 unspecified atom stereocenters. The van der Waals surface area contributed by atoms with Crippen molar-refractivity contribution in [1.29, 1.82) is 0 Å². The average Bonchev–Trinajstić information content (AvgIpc) is 2.71. The molecule has 3 heteroatoms. The summed E-state index contributed by atoms with van der Waals surface area (Å²) in [6, 6.07) is 9.64. The Hall–Kier alpha value is -1.51. The Balaban J connectivity index is 1.37. The highest BCUT2D eigenvalue weighted by Gasteiger charge is 2.47. The van der Waals surface area contributed by atoms with Crippen molar-refractivity contribution in [1.82, 2.24) is 5.32 Å². The number of anilines is 1. The Morgan fingerprint density at radius 3 is 2.45 bits per heavy atom. The minimum absolute atomic E-state index is 0.0562. The number of benzene rings is 1. The fraction of sp³-hybridized carbons (Fsp3) is 0.632. The predicted octanol–water partition coefficient (Wildman–Crippen LogP) is 4.41. The molecule has 4 fully saturated rings. The van der Waals surface area contributed by atoms with Crippen molar-refractivity contribution in [3.05, 3.63) is 30.3 Å². The van der Waals surface area contributed by atoms with E-state index in [4.69, 9.17) is 0 Å². The molecule has 0 aliphatic heterocycles. The molecular weight excluding hydrogens is 272 g/mol. The largest absolute Gasteiger partial charge is 0.337 e. The highest BCUT2D eigenvalue weighted by Crippen LogP contribution is 2.56. The average molecular weight is 298 g/mol. The summed E-state index contributed by atoms with van der Waals surface area (Å²) >= 11 is 0. The second-order valence-electron chi connectivity index (χ2n) is 7.93. The lowest BCUT2D eigenvalue weighted by atomic mass is 9.61. The van der Waals surface area contributed by atoms with E-state index in [-0.39, 0.29) is 6.03 Å². The zero-order valence-corrected chi connectivity index (χ0v) is 13.2. The van der Waals surface area contributed by atoms with Gasteiger partial charge in [-0.1, -0.05) is 18.2 Å². The van der Waals surface area contributed by atoms with Gasteiger partial charge >= 0.3 is 6.03 Å². The number of carbonyl (C=O) groups excluding carboxylic acids is 1. The molecule has 4 bridgehead atoms. The number of amides is 2. The van der Waals surface area contributed by atoms with Crippen molar-refractivity contribution < 1.29 is 4.79 Å². The second kappa shape index (κ2) is 5.60. The first-order valence-corrected chi connectivity index (χ1v) is 8.81. The van der Waals surface area contributed by atoms with Crippen LogP contribution in [0, 0.1) is 23.2 Å². The highest BCUT2D eigenvalue weighted by atomic mass is 16.2. The SMILES string of the molecule is O=C(NCC12CCC3C[C@@H](C[C@H](C3)C1)C2)Nc1ccccc1. The molecule has 3 nitrogen and oxygen atoms in total. The molecule has 4 aliphatic carbocycles. The molecule has 4 aliphatic rings. The van der Waals surface area contributed by atoms with Crippen LogP contribution in [0.1, 0.15) is 44.9 Å². The first-order valence-electron chi connectivity index (χ1n) is 8.81. The molecule has 5 rings (SSSR count). The smallest absolute Gasteiger partial charge is 0.319 e. The molecule has 4 saturated carbocycles. The summed E-state index contributed by atoms with van der Waals surface area (Å²) in [6.45, 7) is 0.853. The van der Waals surface area contributed by atoms with E-state index in [0.717, 1.165) is 30.0 Å². The van der Waals surface area contributed by atoms with E-state index in [1.165, 1.54) is 44.9 Å². The van der Waals surface area contributed by atoms with Crippen molar-refractivity contribution in [2.45, 2.75) is 44.9 Å². The minimum Gasteiger partial charge on any atom is -0.337 e. The van der Waals surface area contributed by atoms with Crippen LogP contribution in [0.3, 0.4) is 0 Å². The van der Waals surface area contributed by atoms with Gasteiger partial charge in [-0.15, -0.1) is 0 Å². The van der Waals surface area contributed by atoms with Gasteiger partial charge in [0.25, 0.3) is 0 Å². The van der Waals surface area contributed by atoms with Crippen LogP contribution in [-0.2, 0) is 0 Å². The number of rotatable bonds is 3. The minimum atomic E-state index is -0.0562. The van der Waals surface area contributed by atoms with Crippen LogP contribution < -0.4 is 10.6 Å². The monoisotopic (exact) mass is 298 g/mol. The Bertz CT molecular complexity index is 528. The quantitative estimate of drug-likeness (QED) is 0.852. The third kappa shape index (κ3) is 2.86. The van der Waals surface area contributed by atoms with Gasteiger partial charge in [0.1, 0.15) is 0 Å². The summed E-state index contributed by atoms with van der Waals surface area (Å²) < 4.78 is 0. The third-order valence-electron chi connectivity index (χ3n) is 6.18. The van der Waals surface area contributed by atoms with Crippen LogP contribution in [-0.4, -0.2) is 12.6 Å². The summed E-state index contributed by atoms with van der Waals surface area (Å²) in [5.41, 5.74) is 1.24. The van der Waals surface area contributed by atoms with Crippen LogP contribution in [0.4, 0.5) is 10.5 Å². The molecular formula is C19H26N2O. The van der Waals surface area contributed by atoms with Gasteiger partial charge in [0.05, 0.1) is 0 Å². The molecule has 0 aromatic heterocycles. The number of urea groups is 1. The number of hydrogen-bond donors (Lipinski definition) is 2.